The van der Waals surface area contributed by atoms with Crippen LogP contribution in [0.2, 0.25) is 0 Å². The predicted molar refractivity (Wildman–Crippen MR) is 179 cm³/mol. The summed E-state index contributed by atoms with van der Waals surface area (Å²) >= 11 is 0. The van der Waals surface area contributed by atoms with Crippen molar-refractivity contribution in [1.82, 2.24) is 0 Å². The smallest absolute Gasteiger partial charge is 0.409 e. The third-order valence-corrected chi connectivity index (χ3v) is 8.88. The Morgan fingerprint density at radius 2 is 0.881 bits per heavy atom. The highest BCUT2D eigenvalue weighted by molar-refractivity contribution is 7.43. The highest BCUT2D eigenvalue weighted by Gasteiger charge is 2.25. The van der Waals surface area contributed by atoms with Crippen LogP contribution in [0.4, 0.5) is 0 Å². The molecule has 0 saturated carbocycles. The molecule has 0 unspecified atom stereocenters. The molecule has 0 aliphatic rings. The van der Waals surface area contributed by atoms with Gasteiger partial charge in [0, 0.05) is 0 Å². The van der Waals surface area contributed by atoms with Crippen molar-refractivity contribution in [2.45, 2.75) is 79.1 Å². The Kier molecular flexibility index (Phi) is 9.09. The van der Waals surface area contributed by atoms with Gasteiger partial charge in [-0.15, -0.1) is 0 Å². The van der Waals surface area contributed by atoms with Crippen LogP contribution in [0.25, 0.3) is 21.5 Å². The SMILES string of the molecule is CC(C)c1ccc2cc(OP(Oc3ccccc3)Oc3cc4ccc(C(C)C)cc4cc3C(C)C)c(C(C)C)cc2c1. The van der Waals surface area contributed by atoms with Crippen LogP contribution >= 0.6 is 8.60 Å². The summed E-state index contributed by atoms with van der Waals surface area (Å²) in [6, 6.07) is 32.0. The van der Waals surface area contributed by atoms with Gasteiger partial charge in [-0.3, -0.25) is 0 Å². The van der Waals surface area contributed by atoms with E-state index in [4.69, 9.17) is 13.6 Å². The van der Waals surface area contributed by atoms with E-state index in [1.807, 2.05) is 30.3 Å². The minimum atomic E-state index is -1.82. The Labute approximate surface area is 252 Å². The van der Waals surface area contributed by atoms with E-state index in [0.717, 1.165) is 33.4 Å². The number of benzene rings is 5. The van der Waals surface area contributed by atoms with E-state index in [2.05, 4.69) is 116 Å². The minimum absolute atomic E-state index is 0.266. The quantitative estimate of drug-likeness (QED) is 0.154. The lowest BCUT2D eigenvalue weighted by Gasteiger charge is -2.23. The summed E-state index contributed by atoms with van der Waals surface area (Å²) in [6.07, 6.45) is 0. The molecule has 42 heavy (non-hydrogen) atoms. The third-order valence-electron chi connectivity index (χ3n) is 7.83. The Morgan fingerprint density at radius 3 is 1.29 bits per heavy atom. The van der Waals surface area contributed by atoms with Gasteiger partial charge in [0.05, 0.1) is 0 Å². The van der Waals surface area contributed by atoms with Crippen LogP contribution in [0.15, 0.2) is 91.0 Å². The Balaban J connectivity index is 1.57. The van der Waals surface area contributed by atoms with Crippen molar-refractivity contribution in [1.29, 1.82) is 0 Å². The molecule has 5 aromatic rings. The molecule has 5 aromatic carbocycles. The second-order valence-electron chi connectivity index (χ2n) is 12.4. The van der Waals surface area contributed by atoms with Crippen LogP contribution in [-0.4, -0.2) is 0 Å². The molecule has 0 amide bonds. The van der Waals surface area contributed by atoms with E-state index in [0.29, 0.717) is 17.6 Å². The van der Waals surface area contributed by atoms with Crippen molar-refractivity contribution in [3.63, 3.8) is 0 Å². The van der Waals surface area contributed by atoms with Gasteiger partial charge in [-0.1, -0.05) is 110 Å². The fourth-order valence-electron chi connectivity index (χ4n) is 5.19. The molecule has 0 spiro atoms. The lowest BCUT2D eigenvalue weighted by atomic mass is 9.94. The summed E-state index contributed by atoms with van der Waals surface area (Å²) < 4.78 is 19.9. The van der Waals surface area contributed by atoms with Gasteiger partial charge in [0.15, 0.2) is 0 Å². The summed E-state index contributed by atoms with van der Waals surface area (Å²) in [5.41, 5.74) is 4.95. The summed E-state index contributed by atoms with van der Waals surface area (Å²) in [4.78, 5) is 0. The molecule has 0 atom stereocenters. The maximum Gasteiger partial charge on any atom is 0.530 e. The first-order valence-corrected chi connectivity index (χ1v) is 16.2. The Hall–Kier alpha value is -3.55. The van der Waals surface area contributed by atoms with Crippen molar-refractivity contribution in [3.05, 3.63) is 113 Å². The predicted octanol–water partition coefficient (Wildman–Crippen LogP) is 12.3. The topological polar surface area (TPSA) is 27.7 Å². The van der Waals surface area contributed by atoms with E-state index < -0.39 is 8.60 Å². The molecule has 0 saturated heterocycles. The van der Waals surface area contributed by atoms with Gasteiger partial charge >= 0.3 is 8.60 Å². The fraction of sp³-hybridized carbons (Fsp3) is 0.316. The van der Waals surface area contributed by atoms with Crippen molar-refractivity contribution < 1.29 is 13.6 Å². The third kappa shape index (κ3) is 6.74. The van der Waals surface area contributed by atoms with Gasteiger partial charge < -0.3 is 13.6 Å². The summed E-state index contributed by atoms with van der Waals surface area (Å²) in [6.45, 7) is 17.7. The summed E-state index contributed by atoms with van der Waals surface area (Å²) in [7, 11) is -1.82. The maximum absolute atomic E-state index is 6.72. The number of fused-ring (bicyclic) bond motifs is 2. The molecule has 0 aromatic heterocycles. The molecule has 0 aliphatic carbocycles. The second-order valence-corrected chi connectivity index (χ2v) is 13.4. The van der Waals surface area contributed by atoms with Crippen molar-refractivity contribution in [2.24, 2.45) is 0 Å². The van der Waals surface area contributed by atoms with Crippen molar-refractivity contribution >= 4 is 30.1 Å². The molecular weight excluding hydrogens is 535 g/mol. The molecule has 0 N–H and O–H groups in total. The van der Waals surface area contributed by atoms with Gasteiger partial charge in [-0.25, -0.2) is 0 Å². The molecule has 0 aliphatic heterocycles. The lowest BCUT2D eigenvalue weighted by molar-refractivity contribution is 0.384. The van der Waals surface area contributed by atoms with Crippen LogP contribution in [0.3, 0.4) is 0 Å². The van der Waals surface area contributed by atoms with Crippen molar-refractivity contribution in [3.8, 4) is 17.2 Å². The average Bonchev–Trinajstić information content (AvgIpc) is 2.96. The highest BCUT2D eigenvalue weighted by Crippen LogP contribution is 2.47. The van der Waals surface area contributed by atoms with Gasteiger partial charge in [-0.05, 0) is 104 Å². The second kappa shape index (κ2) is 12.8. The zero-order chi connectivity index (χ0) is 30.0. The van der Waals surface area contributed by atoms with Crippen LogP contribution in [0, 0.1) is 0 Å². The van der Waals surface area contributed by atoms with Gasteiger partial charge in [0.1, 0.15) is 17.2 Å². The minimum Gasteiger partial charge on any atom is -0.409 e. The largest absolute Gasteiger partial charge is 0.530 e. The standard InChI is InChI=1S/C38H43O3P/c1-24(2)28-14-16-30-22-37(35(26(5)6)20-32(30)18-28)40-42(39-34-12-10-9-11-13-34)41-38-23-31-17-15-29(25(3)4)19-33(31)21-36(38)27(7)8/h9-27H,1-8H3. The van der Waals surface area contributed by atoms with E-state index >= 15 is 0 Å². The molecule has 218 valence electrons. The molecule has 0 heterocycles. The van der Waals surface area contributed by atoms with E-state index in [1.165, 1.54) is 21.9 Å². The summed E-state index contributed by atoms with van der Waals surface area (Å²) in [5.74, 6) is 3.79. The number of rotatable bonds is 10. The lowest BCUT2D eigenvalue weighted by Crippen LogP contribution is -2.06. The van der Waals surface area contributed by atoms with Crippen LogP contribution < -0.4 is 13.6 Å². The number of hydrogen-bond donors (Lipinski definition) is 0. The van der Waals surface area contributed by atoms with E-state index in [9.17, 15) is 0 Å². The van der Waals surface area contributed by atoms with Crippen LogP contribution in [0.5, 0.6) is 17.2 Å². The summed E-state index contributed by atoms with van der Waals surface area (Å²) in [5, 5.41) is 4.73. The van der Waals surface area contributed by atoms with Gasteiger partial charge in [0.25, 0.3) is 0 Å². The van der Waals surface area contributed by atoms with Gasteiger partial charge in [-0.2, -0.15) is 0 Å². The molecule has 0 bridgehead atoms. The van der Waals surface area contributed by atoms with Crippen LogP contribution in [0.1, 0.15) is 101 Å². The van der Waals surface area contributed by atoms with Crippen molar-refractivity contribution in [2.75, 3.05) is 0 Å². The Morgan fingerprint density at radius 1 is 0.429 bits per heavy atom. The zero-order valence-corrected chi connectivity index (χ0v) is 27.0. The van der Waals surface area contributed by atoms with E-state index in [-0.39, 0.29) is 11.8 Å². The molecule has 4 heteroatoms. The average molecular weight is 579 g/mol. The normalized spacial score (nSPS) is 11.9. The van der Waals surface area contributed by atoms with Crippen LogP contribution in [-0.2, 0) is 0 Å². The molecule has 5 rings (SSSR count). The first-order valence-electron chi connectivity index (χ1n) is 15.1. The number of para-hydroxylation sites is 1. The van der Waals surface area contributed by atoms with Gasteiger partial charge in [0.2, 0.25) is 0 Å². The molecule has 3 nitrogen and oxygen atoms in total. The number of hydrogen-bond acceptors (Lipinski definition) is 3. The molecule has 0 fully saturated rings. The highest BCUT2D eigenvalue weighted by atomic mass is 31.2. The monoisotopic (exact) mass is 578 g/mol. The molecule has 0 radical (unpaired) electrons. The first kappa shape index (κ1) is 29.9. The van der Waals surface area contributed by atoms with E-state index in [1.54, 1.807) is 0 Å². The maximum atomic E-state index is 6.72. The first-order chi connectivity index (χ1) is 20.1. The molecular formula is C38H43O3P. The zero-order valence-electron chi connectivity index (χ0n) is 26.1. The Bertz CT molecular complexity index is 1570. The fourth-order valence-corrected chi connectivity index (χ4v) is 6.23.